The Bertz CT molecular complexity index is 3760. The molecule has 1 aromatic heterocycles. The lowest BCUT2D eigenvalue weighted by Crippen LogP contribution is -2.28. The molecule has 13 rings (SSSR count). The second-order valence-electron chi connectivity index (χ2n) is 18.0. The van der Waals surface area contributed by atoms with Crippen molar-refractivity contribution in [1.29, 1.82) is 0 Å². The van der Waals surface area contributed by atoms with Gasteiger partial charge in [0, 0.05) is 27.7 Å². The monoisotopic (exact) mass is 879 g/mol. The van der Waals surface area contributed by atoms with Crippen LogP contribution >= 0.6 is 0 Å². The van der Waals surface area contributed by atoms with Crippen LogP contribution in [-0.4, -0.2) is 0 Å². The maximum Gasteiger partial charge on any atom is 0.135 e. The lowest BCUT2D eigenvalue weighted by Gasteiger charge is -2.34. The fraction of sp³-hybridized carbons (Fsp3) is 0.0149. The van der Waals surface area contributed by atoms with E-state index in [9.17, 15) is 0 Å². The van der Waals surface area contributed by atoms with Crippen LogP contribution in [-0.2, 0) is 5.41 Å². The molecule has 1 aliphatic carbocycles. The van der Waals surface area contributed by atoms with E-state index in [4.69, 9.17) is 4.42 Å². The highest BCUT2D eigenvalue weighted by atomic mass is 16.3. The maximum atomic E-state index is 6.20. The molecule has 69 heavy (non-hydrogen) atoms. The molecule has 0 aliphatic heterocycles. The van der Waals surface area contributed by atoms with Crippen LogP contribution in [0.1, 0.15) is 22.3 Å². The molecule has 0 fully saturated rings. The van der Waals surface area contributed by atoms with E-state index in [-0.39, 0.29) is 0 Å². The summed E-state index contributed by atoms with van der Waals surface area (Å²) in [5.74, 6) is 0. The summed E-state index contributed by atoms with van der Waals surface area (Å²) >= 11 is 0. The topological polar surface area (TPSA) is 16.4 Å². The van der Waals surface area contributed by atoms with Crippen LogP contribution in [0.5, 0.6) is 0 Å². The first-order chi connectivity index (χ1) is 34.2. The van der Waals surface area contributed by atoms with Gasteiger partial charge in [-0.1, -0.05) is 224 Å². The average Bonchev–Trinajstić information content (AvgIpc) is 3.96. The number of hydrogen-bond acceptors (Lipinski definition) is 2. The smallest absolute Gasteiger partial charge is 0.135 e. The van der Waals surface area contributed by atoms with Crippen molar-refractivity contribution in [3.8, 4) is 55.6 Å². The van der Waals surface area contributed by atoms with E-state index in [1.54, 1.807) is 0 Å². The van der Waals surface area contributed by atoms with E-state index >= 15 is 0 Å². The highest BCUT2D eigenvalue weighted by Crippen LogP contribution is 2.59. The van der Waals surface area contributed by atoms with Gasteiger partial charge < -0.3 is 9.32 Å². The van der Waals surface area contributed by atoms with E-state index in [2.05, 4.69) is 266 Å². The third-order valence-electron chi connectivity index (χ3n) is 14.2. The Labute approximate surface area is 402 Å². The van der Waals surface area contributed by atoms with Gasteiger partial charge in [0.1, 0.15) is 11.2 Å². The molecule has 0 saturated carbocycles. The first kappa shape index (κ1) is 40.3. The van der Waals surface area contributed by atoms with E-state index in [0.29, 0.717) is 0 Å². The fourth-order valence-corrected chi connectivity index (χ4v) is 11.0. The predicted molar refractivity (Wildman–Crippen MR) is 287 cm³/mol. The number of hydrogen-bond donors (Lipinski definition) is 0. The van der Waals surface area contributed by atoms with Crippen LogP contribution in [0.3, 0.4) is 0 Å². The summed E-state index contributed by atoms with van der Waals surface area (Å²) in [6.45, 7) is 0. The molecule has 11 aromatic carbocycles. The van der Waals surface area contributed by atoms with Crippen molar-refractivity contribution in [3.05, 3.63) is 295 Å². The Hall–Kier alpha value is -8.98. The molecule has 2 heteroatoms. The van der Waals surface area contributed by atoms with Crippen molar-refractivity contribution < 1.29 is 4.42 Å². The van der Waals surface area contributed by atoms with Crippen LogP contribution in [0.2, 0.25) is 0 Å². The van der Waals surface area contributed by atoms with Crippen molar-refractivity contribution in [2.75, 3.05) is 4.90 Å². The molecule has 1 heterocycles. The van der Waals surface area contributed by atoms with E-state index in [1.807, 2.05) is 12.1 Å². The number of fused-ring (bicyclic) bond motifs is 6. The maximum absolute atomic E-state index is 6.20. The average molecular weight is 880 g/mol. The normalized spacial score (nSPS) is 12.5. The van der Waals surface area contributed by atoms with Crippen LogP contribution < -0.4 is 4.90 Å². The summed E-state index contributed by atoms with van der Waals surface area (Å²) in [7, 11) is 0. The zero-order valence-electron chi connectivity index (χ0n) is 37.8. The summed E-state index contributed by atoms with van der Waals surface area (Å²) in [5.41, 5.74) is 21.6. The lowest BCUT2D eigenvalue weighted by molar-refractivity contribution is 0.669. The second-order valence-corrected chi connectivity index (χ2v) is 18.0. The molecule has 1 aliphatic rings. The van der Waals surface area contributed by atoms with Gasteiger partial charge in [0.05, 0.1) is 11.1 Å². The second kappa shape index (κ2) is 16.7. The van der Waals surface area contributed by atoms with Gasteiger partial charge in [-0.2, -0.15) is 0 Å². The minimum Gasteiger partial charge on any atom is -0.456 e. The Morgan fingerprint density at radius 1 is 0.290 bits per heavy atom. The Kier molecular flexibility index (Phi) is 9.77. The highest BCUT2D eigenvalue weighted by Gasteiger charge is 2.47. The highest BCUT2D eigenvalue weighted by molar-refractivity contribution is 6.06. The number of rotatable bonds is 9. The zero-order chi connectivity index (χ0) is 45.7. The number of furan rings is 1. The molecule has 0 saturated heterocycles. The summed E-state index contributed by atoms with van der Waals surface area (Å²) in [6, 6.07) is 99.3. The van der Waals surface area contributed by atoms with Gasteiger partial charge in [-0.15, -0.1) is 0 Å². The number of benzene rings is 11. The van der Waals surface area contributed by atoms with Crippen LogP contribution in [0.4, 0.5) is 17.1 Å². The molecule has 0 spiro atoms. The van der Waals surface area contributed by atoms with E-state index in [1.165, 1.54) is 61.2 Å². The molecule has 12 aromatic rings. The molecular weight excluding hydrogens is 835 g/mol. The lowest BCUT2D eigenvalue weighted by atomic mass is 9.67. The number of nitrogens with zero attached hydrogens (tertiary/aromatic N) is 1. The quantitative estimate of drug-likeness (QED) is 0.144. The van der Waals surface area contributed by atoms with Crippen molar-refractivity contribution >= 4 is 39.0 Å². The van der Waals surface area contributed by atoms with E-state index in [0.717, 1.165) is 55.7 Å². The molecule has 324 valence electrons. The first-order valence-corrected chi connectivity index (χ1v) is 23.7. The minimum atomic E-state index is -0.504. The predicted octanol–water partition coefficient (Wildman–Crippen LogP) is 18.1. The van der Waals surface area contributed by atoms with Gasteiger partial charge in [-0.3, -0.25) is 0 Å². The summed E-state index contributed by atoms with van der Waals surface area (Å²) in [5, 5.41) is 2.25. The van der Waals surface area contributed by atoms with Crippen molar-refractivity contribution in [2.45, 2.75) is 5.41 Å². The first-order valence-electron chi connectivity index (χ1n) is 23.7. The van der Waals surface area contributed by atoms with E-state index < -0.39 is 5.41 Å². The van der Waals surface area contributed by atoms with Crippen molar-refractivity contribution in [3.63, 3.8) is 0 Å². The van der Waals surface area contributed by atoms with Crippen LogP contribution in [0.25, 0.3) is 77.6 Å². The number of para-hydroxylation sites is 2. The van der Waals surface area contributed by atoms with Gasteiger partial charge in [-0.05, 0) is 121 Å². The van der Waals surface area contributed by atoms with Crippen molar-refractivity contribution in [2.24, 2.45) is 0 Å². The third kappa shape index (κ3) is 6.72. The largest absolute Gasteiger partial charge is 0.456 e. The van der Waals surface area contributed by atoms with Gasteiger partial charge in [0.25, 0.3) is 0 Å². The zero-order valence-corrected chi connectivity index (χ0v) is 37.8. The SMILES string of the molecule is c1ccc(-c2ccc(-c3ccc(N(c4ccc(-c5ccc6oc7ccccc7c6c5)cc4)c4ccccc4-c4cccc5c4-c4ccccc4C5(c4ccccc4)c4ccccc4)cc3)cc2)cc1. The van der Waals surface area contributed by atoms with Gasteiger partial charge in [0.2, 0.25) is 0 Å². The van der Waals surface area contributed by atoms with Gasteiger partial charge in [0.15, 0.2) is 0 Å². The van der Waals surface area contributed by atoms with Gasteiger partial charge in [-0.25, -0.2) is 0 Å². The molecule has 0 bridgehead atoms. The third-order valence-corrected chi connectivity index (χ3v) is 14.2. The summed E-state index contributed by atoms with van der Waals surface area (Å²) in [6.07, 6.45) is 0. The summed E-state index contributed by atoms with van der Waals surface area (Å²) in [4.78, 5) is 2.43. The molecule has 0 atom stereocenters. The Morgan fingerprint density at radius 2 is 0.739 bits per heavy atom. The van der Waals surface area contributed by atoms with Crippen LogP contribution in [0, 0.1) is 0 Å². The standard InChI is InChI=1S/C67H45NO/c1-4-17-46(18-5-1)47-31-33-48(34-32-47)49-35-40-54(41-36-49)68(55-42-37-50(38-43-55)51-39-44-65-60(45-51)57-24-12-15-30-64(57)69-65)63-29-14-11-23-56(63)58-26-16-28-62-66(58)59-25-10-13-27-61(59)67(62,52-19-6-2-7-20-52)53-21-8-3-9-22-53/h1-45H. The van der Waals surface area contributed by atoms with Crippen molar-refractivity contribution in [1.82, 2.24) is 0 Å². The van der Waals surface area contributed by atoms with Crippen LogP contribution in [0.15, 0.2) is 277 Å². The van der Waals surface area contributed by atoms with Gasteiger partial charge >= 0.3 is 0 Å². The molecule has 0 unspecified atom stereocenters. The Balaban J connectivity index is 0.968. The molecule has 0 radical (unpaired) electrons. The Morgan fingerprint density at radius 3 is 1.39 bits per heavy atom. The minimum absolute atomic E-state index is 0.504. The molecule has 0 N–H and O–H groups in total. The molecule has 2 nitrogen and oxygen atoms in total. The number of anilines is 3. The molecule has 0 amide bonds. The fourth-order valence-electron chi connectivity index (χ4n) is 11.0. The molecular formula is C67H45NO. The summed E-state index contributed by atoms with van der Waals surface area (Å²) < 4.78 is 6.20.